The number of hydrogen-bond acceptors (Lipinski definition) is 5. The van der Waals surface area contributed by atoms with Crippen LogP contribution in [0.3, 0.4) is 0 Å². The number of benzene rings is 2. The number of para-hydroxylation sites is 1. The predicted molar refractivity (Wildman–Crippen MR) is 108 cm³/mol. The van der Waals surface area contributed by atoms with Gasteiger partial charge in [0.1, 0.15) is 0 Å². The predicted octanol–water partition coefficient (Wildman–Crippen LogP) is 4.99. The van der Waals surface area contributed by atoms with Gasteiger partial charge in [0, 0.05) is 5.69 Å². The summed E-state index contributed by atoms with van der Waals surface area (Å²) in [5.74, 6) is -0.549. The fourth-order valence-corrected chi connectivity index (χ4v) is 3.48. The molecule has 0 fully saturated rings. The highest BCUT2D eigenvalue weighted by Gasteiger charge is 2.21. The molecule has 0 aliphatic heterocycles. The molecule has 27 heavy (non-hydrogen) atoms. The maximum Gasteiger partial charge on any atom is 0.338 e. The molecule has 5 nitrogen and oxygen atoms in total. The summed E-state index contributed by atoms with van der Waals surface area (Å²) in [6.45, 7) is 5.79. The van der Waals surface area contributed by atoms with Crippen LogP contribution in [0.2, 0.25) is 0 Å². The van der Waals surface area contributed by atoms with E-state index in [0.717, 1.165) is 27.9 Å². The van der Waals surface area contributed by atoms with Crippen molar-refractivity contribution in [3.63, 3.8) is 0 Å². The molecule has 0 spiro atoms. The fourth-order valence-electron chi connectivity index (χ4n) is 2.76. The molecule has 3 rings (SSSR count). The molecule has 1 N–H and O–H groups in total. The van der Waals surface area contributed by atoms with Gasteiger partial charge in [-0.25, -0.2) is 9.78 Å². The number of rotatable bonds is 6. The minimum atomic E-state index is -0.903. The molecule has 3 aromatic rings. The molecule has 2 atom stereocenters. The van der Waals surface area contributed by atoms with Gasteiger partial charge in [0.05, 0.1) is 21.3 Å². The van der Waals surface area contributed by atoms with E-state index in [1.165, 1.54) is 11.3 Å². The Balaban J connectivity index is 1.68. The molecule has 1 aromatic heterocycles. The topological polar surface area (TPSA) is 68.3 Å². The summed E-state index contributed by atoms with van der Waals surface area (Å²) < 4.78 is 6.26. The van der Waals surface area contributed by atoms with Gasteiger partial charge in [-0.2, -0.15) is 0 Å². The van der Waals surface area contributed by atoms with E-state index in [1.54, 1.807) is 30.6 Å². The van der Waals surface area contributed by atoms with E-state index in [9.17, 15) is 9.59 Å². The monoisotopic (exact) mass is 382 g/mol. The summed E-state index contributed by atoms with van der Waals surface area (Å²) >= 11 is 1.45. The number of ether oxygens (including phenoxy) is 1. The zero-order chi connectivity index (χ0) is 19.4. The first-order chi connectivity index (χ1) is 13.0. The molecule has 0 saturated heterocycles. The van der Waals surface area contributed by atoms with Gasteiger partial charge >= 0.3 is 5.97 Å². The van der Waals surface area contributed by atoms with Gasteiger partial charge in [0.15, 0.2) is 6.10 Å². The Bertz CT molecular complexity index is 967. The number of amides is 1. The average molecular weight is 382 g/mol. The molecule has 2 aromatic carbocycles. The van der Waals surface area contributed by atoms with Crippen LogP contribution in [-0.2, 0) is 9.53 Å². The maximum atomic E-state index is 12.5. The minimum absolute atomic E-state index is 0.325. The van der Waals surface area contributed by atoms with Crippen molar-refractivity contribution in [1.29, 1.82) is 0 Å². The lowest BCUT2D eigenvalue weighted by Gasteiger charge is -2.18. The van der Waals surface area contributed by atoms with Crippen molar-refractivity contribution in [2.24, 2.45) is 0 Å². The molecule has 0 radical (unpaired) electrons. The van der Waals surface area contributed by atoms with Crippen LogP contribution in [0.25, 0.3) is 10.2 Å². The number of carbonyl (C=O) groups is 2. The first kappa shape index (κ1) is 19.0. The third-order valence-corrected chi connectivity index (χ3v) is 5.37. The van der Waals surface area contributed by atoms with Gasteiger partial charge in [-0.1, -0.05) is 32.0 Å². The average Bonchev–Trinajstić information content (AvgIpc) is 3.15. The Morgan fingerprint density at radius 1 is 1.19 bits per heavy atom. The molecule has 1 amide bonds. The lowest BCUT2D eigenvalue weighted by molar-refractivity contribution is -0.123. The van der Waals surface area contributed by atoms with Crippen molar-refractivity contribution in [2.45, 2.75) is 39.2 Å². The number of carbonyl (C=O) groups excluding carboxylic acids is 2. The van der Waals surface area contributed by atoms with E-state index >= 15 is 0 Å². The summed E-state index contributed by atoms with van der Waals surface area (Å²) in [7, 11) is 0. The molecular weight excluding hydrogens is 360 g/mol. The van der Waals surface area contributed by atoms with E-state index in [2.05, 4.69) is 24.1 Å². The van der Waals surface area contributed by atoms with Gasteiger partial charge in [0.25, 0.3) is 5.91 Å². The molecule has 0 aliphatic carbocycles. The van der Waals surface area contributed by atoms with Crippen LogP contribution in [0.5, 0.6) is 0 Å². The van der Waals surface area contributed by atoms with Crippen molar-refractivity contribution in [2.75, 3.05) is 5.32 Å². The maximum absolute atomic E-state index is 12.5. The SMILES string of the molecule is CC[C@@H](C)c1ccccc1NC(=O)[C@@H](C)OC(=O)c1ccc2ncsc2c1. The normalized spacial score (nSPS) is 13.1. The van der Waals surface area contributed by atoms with Crippen molar-refractivity contribution in [1.82, 2.24) is 4.98 Å². The van der Waals surface area contributed by atoms with E-state index < -0.39 is 12.1 Å². The molecule has 0 aliphatic rings. The van der Waals surface area contributed by atoms with Crippen molar-refractivity contribution < 1.29 is 14.3 Å². The van der Waals surface area contributed by atoms with Crippen LogP contribution in [0, 0.1) is 0 Å². The Labute approximate surface area is 162 Å². The van der Waals surface area contributed by atoms with Gasteiger partial charge in [0.2, 0.25) is 0 Å². The number of fused-ring (bicyclic) bond motifs is 1. The largest absolute Gasteiger partial charge is 0.449 e. The highest BCUT2D eigenvalue weighted by atomic mass is 32.1. The highest BCUT2D eigenvalue weighted by Crippen LogP contribution is 2.26. The standard InChI is InChI=1S/C21H22N2O3S/c1-4-13(2)16-7-5-6-8-17(16)23-20(24)14(3)26-21(25)15-9-10-18-19(11-15)27-12-22-18/h5-14H,4H2,1-3H3,(H,23,24)/t13-,14-/m1/s1. The number of nitrogens with one attached hydrogen (secondary N) is 1. The minimum Gasteiger partial charge on any atom is -0.449 e. The molecule has 1 heterocycles. The van der Waals surface area contributed by atoms with E-state index in [1.807, 2.05) is 24.3 Å². The van der Waals surface area contributed by atoms with E-state index in [-0.39, 0.29) is 5.91 Å². The number of esters is 1. The zero-order valence-electron chi connectivity index (χ0n) is 15.6. The van der Waals surface area contributed by atoms with Gasteiger partial charge in [-0.3, -0.25) is 4.79 Å². The third kappa shape index (κ3) is 4.34. The van der Waals surface area contributed by atoms with Crippen LogP contribution in [-0.4, -0.2) is 23.0 Å². The quantitative estimate of drug-likeness (QED) is 0.610. The van der Waals surface area contributed by atoms with Gasteiger partial charge in [-0.15, -0.1) is 11.3 Å². The Morgan fingerprint density at radius 3 is 2.74 bits per heavy atom. The molecular formula is C21H22N2O3S. The van der Waals surface area contributed by atoms with E-state index in [0.29, 0.717) is 11.5 Å². The summed E-state index contributed by atoms with van der Waals surface area (Å²) in [6, 6.07) is 12.9. The Hall–Kier alpha value is -2.73. The van der Waals surface area contributed by atoms with Gasteiger partial charge < -0.3 is 10.1 Å². The molecule has 140 valence electrons. The summed E-state index contributed by atoms with van der Waals surface area (Å²) in [5, 5.41) is 2.88. The van der Waals surface area contributed by atoms with Gasteiger partial charge in [-0.05, 0) is 49.1 Å². The second-order valence-electron chi connectivity index (χ2n) is 6.47. The van der Waals surface area contributed by atoms with Crippen molar-refractivity contribution in [3.05, 3.63) is 59.1 Å². The highest BCUT2D eigenvalue weighted by molar-refractivity contribution is 7.16. The first-order valence-corrected chi connectivity index (χ1v) is 9.81. The first-order valence-electron chi connectivity index (χ1n) is 8.93. The molecule has 0 saturated carbocycles. The summed E-state index contributed by atoms with van der Waals surface area (Å²) in [5.41, 5.74) is 4.80. The lowest BCUT2D eigenvalue weighted by atomic mass is 9.97. The Morgan fingerprint density at radius 2 is 1.96 bits per heavy atom. The molecule has 6 heteroatoms. The molecule has 0 unspecified atom stereocenters. The number of aromatic nitrogens is 1. The summed E-state index contributed by atoms with van der Waals surface area (Å²) in [6.07, 6.45) is 0.0666. The smallest absolute Gasteiger partial charge is 0.338 e. The van der Waals surface area contributed by atoms with Crippen molar-refractivity contribution >= 4 is 39.1 Å². The molecule has 0 bridgehead atoms. The van der Waals surface area contributed by atoms with Crippen LogP contribution >= 0.6 is 11.3 Å². The number of nitrogens with zero attached hydrogens (tertiary/aromatic N) is 1. The van der Waals surface area contributed by atoms with Crippen molar-refractivity contribution in [3.8, 4) is 0 Å². The van der Waals surface area contributed by atoms with E-state index in [4.69, 9.17) is 4.74 Å². The fraction of sp³-hybridized carbons (Fsp3) is 0.286. The number of thiazole rings is 1. The number of anilines is 1. The number of hydrogen-bond donors (Lipinski definition) is 1. The van der Waals surface area contributed by atoms with Crippen LogP contribution in [0.1, 0.15) is 49.0 Å². The van der Waals surface area contributed by atoms with Crippen LogP contribution in [0.15, 0.2) is 48.0 Å². The third-order valence-electron chi connectivity index (χ3n) is 4.58. The van der Waals surface area contributed by atoms with Crippen LogP contribution in [0.4, 0.5) is 5.69 Å². The second kappa shape index (κ2) is 8.31. The zero-order valence-corrected chi connectivity index (χ0v) is 16.4. The second-order valence-corrected chi connectivity index (χ2v) is 7.35. The Kier molecular flexibility index (Phi) is 5.86. The lowest BCUT2D eigenvalue weighted by Crippen LogP contribution is -2.30. The van der Waals surface area contributed by atoms with Crippen LogP contribution < -0.4 is 5.32 Å². The summed E-state index contributed by atoms with van der Waals surface area (Å²) in [4.78, 5) is 29.1.